The summed E-state index contributed by atoms with van der Waals surface area (Å²) in [5.74, 6) is -0.554. The standard InChI is InChI=1S/C16H14ClN5O.C8H9ClN4.C8H6ClNO.C4H8O/c1-2-5-22-15-11(7-20-22)14(18-8-19-15)13-10-6-9(17)3-4-12(10)21-16(13)23;1-2-3-13-8-6(4-12-13)7(9)10-5-11-8;9-6-1-2-7-5(3-6)4-8(11)10-7;1-2-4-5-3-1/h3-4,6-8,13H,2,5H2,1H3,(H,21,23);4-5H,2-3H2,1H3;1-3H,4H2,(H,10,11);1-4H2. The summed E-state index contributed by atoms with van der Waals surface area (Å²) in [4.78, 5) is 40.0. The maximum atomic E-state index is 12.5. The van der Waals surface area contributed by atoms with E-state index in [9.17, 15) is 9.59 Å². The lowest BCUT2D eigenvalue weighted by Gasteiger charge is -2.09. The van der Waals surface area contributed by atoms with Gasteiger partial charge in [0, 0.05) is 47.7 Å². The molecule has 0 bridgehead atoms. The first-order chi connectivity index (χ1) is 25.3. The normalized spacial score (nSPS) is 15.4. The highest BCUT2D eigenvalue weighted by molar-refractivity contribution is 6.33. The highest BCUT2D eigenvalue weighted by Crippen LogP contribution is 2.39. The molecule has 0 spiro atoms. The van der Waals surface area contributed by atoms with E-state index in [0.29, 0.717) is 27.3 Å². The van der Waals surface area contributed by atoms with Gasteiger partial charge in [0.1, 0.15) is 23.7 Å². The van der Waals surface area contributed by atoms with Gasteiger partial charge >= 0.3 is 0 Å². The zero-order chi connectivity index (χ0) is 36.6. The second-order valence-corrected chi connectivity index (χ2v) is 13.4. The van der Waals surface area contributed by atoms with Gasteiger partial charge in [0.15, 0.2) is 11.3 Å². The number of amides is 2. The number of aryl methyl sites for hydroxylation is 2. The molecule has 1 unspecified atom stereocenters. The SMILES string of the molecule is C1CCOC1.CCCn1ncc2c(C3C(=O)Nc4ccc(Cl)cc43)ncnc21.CCCn1ncc2c(Cl)ncnc21.O=C1Cc2cc(Cl)ccc2N1. The molecule has 3 aliphatic rings. The second-order valence-electron chi connectivity index (χ2n) is 12.1. The van der Waals surface area contributed by atoms with Crippen molar-refractivity contribution in [2.45, 2.75) is 65.0 Å². The lowest BCUT2D eigenvalue weighted by molar-refractivity contribution is -0.116. The number of nitrogens with one attached hydrogen (secondary N) is 2. The van der Waals surface area contributed by atoms with Crippen LogP contribution in [0.2, 0.25) is 15.2 Å². The maximum Gasteiger partial charge on any atom is 0.238 e. The van der Waals surface area contributed by atoms with Gasteiger partial charge in [0.05, 0.1) is 35.3 Å². The zero-order valence-corrected chi connectivity index (χ0v) is 30.9. The van der Waals surface area contributed by atoms with Gasteiger partial charge in [-0.15, -0.1) is 0 Å². The van der Waals surface area contributed by atoms with Crippen LogP contribution in [-0.2, 0) is 33.8 Å². The van der Waals surface area contributed by atoms with Gasteiger partial charge in [0.25, 0.3) is 0 Å². The number of hydrogen-bond donors (Lipinski definition) is 2. The van der Waals surface area contributed by atoms with Crippen molar-refractivity contribution in [2.24, 2.45) is 0 Å². The van der Waals surface area contributed by atoms with E-state index in [1.54, 1.807) is 24.5 Å². The Kier molecular flexibility index (Phi) is 12.3. The minimum absolute atomic E-state index is 0.0438. The summed E-state index contributed by atoms with van der Waals surface area (Å²) in [5, 5.41) is 17.5. The molecule has 0 radical (unpaired) electrons. The number of benzene rings is 2. The number of carbonyl (C=O) groups is 2. The van der Waals surface area contributed by atoms with E-state index in [4.69, 9.17) is 39.5 Å². The van der Waals surface area contributed by atoms with Gasteiger partial charge in [-0.2, -0.15) is 10.2 Å². The molecule has 6 aromatic rings. The van der Waals surface area contributed by atoms with E-state index in [1.807, 2.05) is 33.6 Å². The fraction of sp³-hybridized carbons (Fsp3) is 0.333. The van der Waals surface area contributed by atoms with Crippen LogP contribution in [0.25, 0.3) is 22.1 Å². The molecule has 2 N–H and O–H groups in total. The average Bonchev–Trinajstić information content (AvgIpc) is 3.98. The lowest BCUT2D eigenvalue weighted by atomic mass is 9.95. The first-order valence-corrected chi connectivity index (χ1v) is 18.2. The predicted molar refractivity (Wildman–Crippen MR) is 202 cm³/mol. The van der Waals surface area contributed by atoms with Gasteiger partial charge in [-0.25, -0.2) is 29.3 Å². The van der Waals surface area contributed by atoms with E-state index in [-0.39, 0.29) is 11.8 Å². The molecule has 7 heterocycles. The molecule has 0 saturated carbocycles. The van der Waals surface area contributed by atoms with Crippen LogP contribution >= 0.6 is 34.8 Å². The summed E-state index contributed by atoms with van der Waals surface area (Å²) in [6.07, 6.45) is 11.4. The van der Waals surface area contributed by atoms with Crippen molar-refractivity contribution in [1.82, 2.24) is 39.5 Å². The van der Waals surface area contributed by atoms with Crippen molar-refractivity contribution >= 4 is 80.1 Å². The summed E-state index contributed by atoms with van der Waals surface area (Å²) >= 11 is 17.7. The van der Waals surface area contributed by atoms with Crippen LogP contribution in [0.3, 0.4) is 0 Å². The first-order valence-electron chi connectivity index (χ1n) is 17.0. The molecule has 52 heavy (non-hydrogen) atoms. The largest absolute Gasteiger partial charge is 0.381 e. The third kappa shape index (κ3) is 8.50. The Morgan fingerprint density at radius 2 is 1.38 bits per heavy atom. The van der Waals surface area contributed by atoms with Crippen LogP contribution in [0.5, 0.6) is 0 Å². The summed E-state index contributed by atoms with van der Waals surface area (Å²) in [5.41, 5.74) is 5.71. The number of aromatic nitrogens is 8. The monoisotopic (exact) mass is 762 g/mol. The summed E-state index contributed by atoms with van der Waals surface area (Å²) in [6, 6.07) is 10.8. The minimum Gasteiger partial charge on any atom is -0.381 e. The number of fused-ring (bicyclic) bond motifs is 4. The van der Waals surface area contributed by atoms with Crippen molar-refractivity contribution in [2.75, 3.05) is 23.8 Å². The molecular weight excluding hydrogens is 727 g/mol. The van der Waals surface area contributed by atoms with Crippen LogP contribution in [0.1, 0.15) is 62.3 Å². The van der Waals surface area contributed by atoms with E-state index in [2.05, 4.69) is 54.6 Å². The van der Waals surface area contributed by atoms with Gasteiger partial charge < -0.3 is 15.4 Å². The van der Waals surface area contributed by atoms with Crippen molar-refractivity contribution in [3.05, 3.63) is 93.5 Å². The quantitative estimate of drug-likeness (QED) is 0.170. The van der Waals surface area contributed by atoms with Gasteiger partial charge in [-0.3, -0.25) is 9.59 Å². The van der Waals surface area contributed by atoms with Gasteiger partial charge in [-0.1, -0.05) is 48.7 Å². The van der Waals surface area contributed by atoms with Crippen LogP contribution < -0.4 is 10.6 Å². The fourth-order valence-electron chi connectivity index (χ4n) is 5.97. The van der Waals surface area contributed by atoms with E-state index in [1.165, 1.54) is 25.5 Å². The molecule has 2 aromatic carbocycles. The smallest absolute Gasteiger partial charge is 0.238 e. The molecule has 3 aliphatic heterocycles. The fourth-order valence-corrected chi connectivity index (χ4v) is 6.52. The van der Waals surface area contributed by atoms with Crippen LogP contribution in [0.15, 0.2) is 61.4 Å². The first kappa shape index (κ1) is 37.1. The highest BCUT2D eigenvalue weighted by atomic mass is 35.5. The third-order valence-corrected chi connectivity index (χ3v) is 9.13. The highest BCUT2D eigenvalue weighted by Gasteiger charge is 2.35. The third-order valence-electron chi connectivity index (χ3n) is 8.36. The molecule has 16 heteroatoms. The van der Waals surface area contributed by atoms with Crippen molar-refractivity contribution in [3.8, 4) is 0 Å². The van der Waals surface area contributed by atoms with Crippen LogP contribution in [0, 0.1) is 0 Å². The number of halogens is 3. The summed E-state index contributed by atoms with van der Waals surface area (Å²) in [7, 11) is 0. The maximum absolute atomic E-state index is 12.5. The van der Waals surface area contributed by atoms with E-state index in [0.717, 1.165) is 83.7 Å². The number of rotatable bonds is 5. The molecule has 1 saturated heterocycles. The van der Waals surface area contributed by atoms with E-state index >= 15 is 0 Å². The predicted octanol–water partition coefficient (Wildman–Crippen LogP) is 7.49. The summed E-state index contributed by atoms with van der Waals surface area (Å²) in [6.45, 7) is 7.81. The van der Waals surface area contributed by atoms with E-state index < -0.39 is 5.92 Å². The average molecular weight is 764 g/mol. The zero-order valence-electron chi connectivity index (χ0n) is 28.7. The minimum atomic E-state index is -0.492. The Morgan fingerprint density at radius 3 is 2.04 bits per heavy atom. The van der Waals surface area contributed by atoms with Gasteiger partial charge in [-0.05, 0) is 73.2 Å². The topological polar surface area (TPSA) is 155 Å². The Bertz CT molecular complexity index is 2190. The molecule has 4 aromatic heterocycles. The van der Waals surface area contributed by atoms with Crippen LogP contribution in [0.4, 0.5) is 11.4 Å². The number of nitrogens with zero attached hydrogens (tertiary/aromatic N) is 8. The molecule has 1 fully saturated rings. The van der Waals surface area contributed by atoms with Gasteiger partial charge in [0.2, 0.25) is 11.8 Å². The Morgan fingerprint density at radius 1 is 0.769 bits per heavy atom. The molecule has 2 amide bonds. The van der Waals surface area contributed by atoms with Crippen LogP contribution in [-0.4, -0.2) is 64.5 Å². The number of carbonyl (C=O) groups excluding carboxylic acids is 2. The molecule has 9 rings (SSSR count). The molecule has 0 aliphatic carbocycles. The Hall–Kier alpha value is -4.69. The second kappa shape index (κ2) is 17.2. The summed E-state index contributed by atoms with van der Waals surface area (Å²) < 4.78 is 8.62. The van der Waals surface area contributed by atoms with Crippen molar-refractivity contribution in [3.63, 3.8) is 0 Å². The lowest BCUT2D eigenvalue weighted by Crippen LogP contribution is -2.15. The Balaban J connectivity index is 0.000000135. The number of anilines is 2. The molecule has 1 atom stereocenters. The van der Waals surface area contributed by atoms with Crippen molar-refractivity contribution in [1.29, 1.82) is 0 Å². The molecule has 13 nitrogen and oxygen atoms in total. The van der Waals surface area contributed by atoms with Crippen molar-refractivity contribution < 1.29 is 14.3 Å². The molecular formula is C36H37Cl3N10O3. The number of hydrogen-bond acceptors (Lipinski definition) is 9. The number of ether oxygens (including phenoxy) is 1. The Labute approximate surface area is 315 Å². The molecule has 270 valence electrons.